The van der Waals surface area contributed by atoms with Crippen LogP contribution in [0.3, 0.4) is 0 Å². The molecular formula is C10H7F5O. The zero-order valence-corrected chi connectivity index (χ0v) is 8.11. The number of rotatable bonds is 2. The number of hydrogen-bond donors (Lipinski definition) is 0. The van der Waals surface area contributed by atoms with E-state index in [0.717, 1.165) is 25.1 Å². The van der Waals surface area contributed by atoms with Crippen molar-refractivity contribution in [2.75, 3.05) is 0 Å². The van der Waals surface area contributed by atoms with E-state index in [9.17, 15) is 26.7 Å². The number of ketones is 1. The van der Waals surface area contributed by atoms with Crippen molar-refractivity contribution in [3.8, 4) is 0 Å². The lowest BCUT2D eigenvalue weighted by Crippen LogP contribution is -2.19. The normalized spacial score (nSPS) is 11.9. The van der Waals surface area contributed by atoms with E-state index >= 15 is 0 Å². The van der Waals surface area contributed by atoms with Crippen LogP contribution in [0, 0.1) is 6.92 Å². The summed E-state index contributed by atoms with van der Waals surface area (Å²) in [4.78, 5) is 10.9. The van der Waals surface area contributed by atoms with Gasteiger partial charge in [0.15, 0.2) is 0 Å². The van der Waals surface area contributed by atoms with Crippen LogP contribution >= 0.6 is 0 Å². The molecule has 0 spiro atoms. The van der Waals surface area contributed by atoms with Gasteiger partial charge in [-0.25, -0.2) is 8.78 Å². The second kappa shape index (κ2) is 4.19. The standard InChI is InChI=1S/C10H7F5O/c1-5-3-2-4-6(8(16)9(11)12)7(5)10(13,14)15/h2-4,9H,1H3. The summed E-state index contributed by atoms with van der Waals surface area (Å²) in [5.74, 6) is -1.81. The van der Waals surface area contributed by atoms with Crippen molar-refractivity contribution in [3.63, 3.8) is 0 Å². The first-order valence-corrected chi connectivity index (χ1v) is 4.24. The summed E-state index contributed by atoms with van der Waals surface area (Å²) in [5, 5.41) is 0. The summed E-state index contributed by atoms with van der Waals surface area (Å²) < 4.78 is 61.8. The molecule has 0 saturated carbocycles. The average molecular weight is 238 g/mol. The predicted octanol–water partition coefficient (Wildman–Crippen LogP) is 3.46. The van der Waals surface area contributed by atoms with Gasteiger partial charge in [0, 0.05) is 5.56 Å². The summed E-state index contributed by atoms with van der Waals surface area (Å²) >= 11 is 0. The highest BCUT2D eigenvalue weighted by atomic mass is 19.4. The highest BCUT2D eigenvalue weighted by Gasteiger charge is 2.38. The largest absolute Gasteiger partial charge is 0.417 e. The Hall–Kier alpha value is -1.46. The van der Waals surface area contributed by atoms with Crippen molar-refractivity contribution in [3.05, 3.63) is 34.9 Å². The Morgan fingerprint density at radius 2 is 1.81 bits per heavy atom. The van der Waals surface area contributed by atoms with Crippen LogP contribution in [0.15, 0.2) is 18.2 Å². The topological polar surface area (TPSA) is 17.1 Å². The number of carbonyl (C=O) groups excluding carboxylic acids is 1. The molecule has 1 rings (SSSR count). The molecule has 1 aromatic carbocycles. The monoisotopic (exact) mass is 238 g/mol. The predicted molar refractivity (Wildman–Crippen MR) is 46.5 cm³/mol. The molecule has 0 aliphatic heterocycles. The molecule has 0 amide bonds. The number of benzene rings is 1. The van der Waals surface area contributed by atoms with E-state index in [4.69, 9.17) is 0 Å². The Bertz CT molecular complexity index is 408. The molecule has 6 heteroatoms. The fourth-order valence-electron chi connectivity index (χ4n) is 1.37. The second-order valence-corrected chi connectivity index (χ2v) is 3.16. The average Bonchev–Trinajstić information content (AvgIpc) is 2.14. The van der Waals surface area contributed by atoms with Crippen LogP contribution in [0.2, 0.25) is 0 Å². The van der Waals surface area contributed by atoms with Gasteiger partial charge in [0.2, 0.25) is 5.78 Å². The number of hydrogen-bond acceptors (Lipinski definition) is 1. The molecule has 0 unspecified atom stereocenters. The van der Waals surface area contributed by atoms with Crippen molar-refractivity contribution in [2.45, 2.75) is 19.5 Å². The minimum atomic E-state index is -4.81. The minimum absolute atomic E-state index is 0.251. The molecule has 0 saturated heterocycles. The SMILES string of the molecule is Cc1cccc(C(=O)C(F)F)c1C(F)(F)F. The van der Waals surface area contributed by atoms with Crippen LogP contribution in [0.4, 0.5) is 22.0 Å². The number of carbonyl (C=O) groups is 1. The summed E-state index contributed by atoms with van der Waals surface area (Å²) in [6.45, 7) is 1.12. The van der Waals surface area contributed by atoms with Crippen molar-refractivity contribution >= 4 is 5.78 Å². The molecule has 0 atom stereocenters. The maximum Gasteiger partial charge on any atom is 0.417 e. The summed E-state index contributed by atoms with van der Waals surface area (Å²) in [5.41, 5.74) is -2.53. The number of alkyl halides is 5. The number of aryl methyl sites for hydroxylation is 1. The lowest BCUT2D eigenvalue weighted by atomic mass is 9.98. The number of halogens is 5. The first kappa shape index (κ1) is 12.6. The van der Waals surface area contributed by atoms with E-state index < -0.39 is 29.5 Å². The van der Waals surface area contributed by atoms with Gasteiger partial charge >= 0.3 is 12.6 Å². The summed E-state index contributed by atoms with van der Waals surface area (Å²) in [7, 11) is 0. The van der Waals surface area contributed by atoms with E-state index in [-0.39, 0.29) is 5.56 Å². The first-order chi connectivity index (χ1) is 7.25. The highest BCUT2D eigenvalue weighted by molar-refractivity contribution is 6.00. The van der Waals surface area contributed by atoms with Crippen LogP contribution in [0.1, 0.15) is 21.5 Å². The maximum absolute atomic E-state index is 12.5. The van der Waals surface area contributed by atoms with Crippen molar-refractivity contribution < 1.29 is 26.7 Å². The number of Topliss-reactive ketones (excluding diaryl/α,β-unsaturated/α-hetero) is 1. The summed E-state index contributed by atoms with van der Waals surface area (Å²) in [6, 6.07) is 3.01. The van der Waals surface area contributed by atoms with Gasteiger partial charge in [-0.2, -0.15) is 13.2 Å². The Kier molecular flexibility index (Phi) is 3.30. The molecule has 16 heavy (non-hydrogen) atoms. The smallest absolute Gasteiger partial charge is 0.288 e. The van der Waals surface area contributed by atoms with Gasteiger partial charge in [-0.3, -0.25) is 4.79 Å². The van der Waals surface area contributed by atoms with E-state index in [2.05, 4.69) is 0 Å². The molecule has 0 radical (unpaired) electrons. The minimum Gasteiger partial charge on any atom is -0.288 e. The van der Waals surface area contributed by atoms with E-state index in [1.807, 2.05) is 0 Å². The molecule has 0 bridgehead atoms. The molecule has 0 aliphatic carbocycles. The van der Waals surface area contributed by atoms with Crippen molar-refractivity contribution in [2.24, 2.45) is 0 Å². The third-order valence-electron chi connectivity index (χ3n) is 2.02. The van der Waals surface area contributed by atoms with Gasteiger partial charge in [0.25, 0.3) is 0 Å². The zero-order chi connectivity index (χ0) is 12.5. The zero-order valence-electron chi connectivity index (χ0n) is 8.11. The van der Waals surface area contributed by atoms with E-state index in [1.165, 1.54) is 0 Å². The molecule has 0 aliphatic rings. The fourth-order valence-corrected chi connectivity index (χ4v) is 1.37. The molecular weight excluding hydrogens is 231 g/mol. The summed E-state index contributed by atoms with van der Waals surface area (Å²) in [6.07, 6.45) is -8.26. The lowest BCUT2D eigenvalue weighted by Gasteiger charge is -2.14. The van der Waals surface area contributed by atoms with E-state index in [0.29, 0.717) is 0 Å². The first-order valence-electron chi connectivity index (χ1n) is 4.24. The molecule has 1 aromatic rings. The quantitative estimate of drug-likeness (QED) is 0.569. The Morgan fingerprint density at radius 1 is 1.25 bits per heavy atom. The van der Waals surface area contributed by atoms with Gasteiger partial charge in [-0.15, -0.1) is 0 Å². The molecule has 1 nitrogen and oxygen atoms in total. The van der Waals surface area contributed by atoms with Gasteiger partial charge < -0.3 is 0 Å². The lowest BCUT2D eigenvalue weighted by molar-refractivity contribution is -0.138. The van der Waals surface area contributed by atoms with Crippen molar-refractivity contribution in [1.82, 2.24) is 0 Å². The second-order valence-electron chi connectivity index (χ2n) is 3.16. The molecule has 0 N–H and O–H groups in total. The molecule has 0 heterocycles. The molecule has 0 fully saturated rings. The van der Waals surface area contributed by atoms with Crippen LogP contribution in [0.5, 0.6) is 0 Å². The Balaban J connectivity index is 3.41. The Labute approximate surface area is 87.9 Å². The molecule has 0 aromatic heterocycles. The van der Waals surface area contributed by atoms with E-state index in [1.54, 1.807) is 0 Å². The maximum atomic E-state index is 12.5. The Morgan fingerprint density at radius 3 is 2.25 bits per heavy atom. The molecule has 88 valence electrons. The van der Waals surface area contributed by atoms with Gasteiger partial charge in [0.05, 0.1) is 5.56 Å². The van der Waals surface area contributed by atoms with Crippen LogP contribution in [-0.2, 0) is 6.18 Å². The highest BCUT2D eigenvalue weighted by Crippen LogP contribution is 2.35. The third kappa shape index (κ3) is 2.37. The van der Waals surface area contributed by atoms with Gasteiger partial charge in [0.1, 0.15) is 0 Å². The van der Waals surface area contributed by atoms with Gasteiger partial charge in [-0.05, 0) is 12.5 Å². The van der Waals surface area contributed by atoms with Crippen LogP contribution in [-0.4, -0.2) is 12.2 Å². The van der Waals surface area contributed by atoms with Crippen molar-refractivity contribution in [1.29, 1.82) is 0 Å². The fraction of sp³-hybridized carbons (Fsp3) is 0.300. The third-order valence-corrected chi connectivity index (χ3v) is 2.02. The van der Waals surface area contributed by atoms with Gasteiger partial charge in [-0.1, -0.05) is 18.2 Å². The van der Waals surface area contributed by atoms with Crippen LogP contribution in [0.25, 0.3) is 0 Å². The van der Waals surface area contributed by atoms with Crippen LogP contribution < -0.4 is 0 Å².